The predicted molar refractivity (Wildman–Crippen MR) is 95.1 cm³/mol. The van der Waals surface area contributed by atoms with Gasteiger partial charge in [-0.3, -0.25) is 4.79 Å². The number of fused-ring (bicyclic) bond motifs is 1. The summed E-state index contributed by atoms with van der Waals surface area (Å²) in [6.07, 6.45) is 4.43. The molecule has 1 aromatic heterocycles. The van der Waals surface area contributed by atoms with Crippen molar-refractivity contribution >= 4 is 28.5 Å². The van der Waals surface area contributed by atoms with Crippen LogP contribution in [0, 0.1) is 11.3 Å². The third kappa shape index (κ3) is 2.63. The Kier molecular flexibility index (Phi) is 3.66. The van der Waals surface area contributed by atoms with Crippen molar-refractivity contribution in [2.75, 3.05) is 0 Å². The van der Waals surface area contributed by atoms with E-state index in [4.69, 9.17) is 0 Å². The number of aromatic nitrogens is 2. The predicted octanol–water partition coefficient (Wildman–Crippen LogP) is 3.88. The van der Waals surface area contributed by atoms with Gasteiger partial charge >= 0.3 is 5.97 Å². The molecule has 122 valence electrons. The molecule has 0 radical (unpaired) electrons. The van der Waals surface area contributed by atoms with Gasteiger partial charge in [-0.25, -0.2) is 9.97 Å². The van der Waals surface area contributed by atoms with Crippen molar-refractivity contribution in [1.29, 1.82) is 5.26 Å². The lowest BCUT2D eigenvalue weighted by Crippen LogP contribution is -2.17. The monoisotopic (exact) mass is 347 g/mol. The third-order valence-corrected chi connectivity index (χ3v) is 5.87. The maximum Gasteiger partial charge on any atom is 0.320 e. The summed E-state index contributed by atoms with van der Waals surface area (Å²) in [5.74, 6) is -0.794. The second kappa shape index (κ2) is 5.87. The van der Waals surface area contributed by atoms with Crippen molar-refractivity contribution < 1.29 is 9.90 Å². The van der Waals surface area contributed by atoms with E-state index in [0.29, 0.717) is 24.1 Å². The van der Waals surface area contributed by atoms with Gasteiger partial charge in [-0.15, -0.1) is 11.8 Å². The molecule has 2 aromatic carbocycles. The highest BCUT2D eigenvalue weighted by atomic mass is 32.2. The van der Waals surface area contributed by atoms with Gasteiger partial charge in [0, 0.05) is 17.1 Å². The highest BCUT2D eigenvalue weighted by molar-refractivity contribution is 8.01. The molecular weight excluding hydrogens is 334 g/mol. The second-order valence-electron chi connectivity index (χ2n) is 5.96. The van der Waals surface area contributed by atoms with E-state index in [0.717, 1.165) is 21.2 Å². The first-order valence-corrected chi connectivity index (χ1v) is 8.61. The molecule has 6 heteroatoms. The third-order valence-electron chi connectivity index (χ3n) is 4.38. The Morgan fingerprint density at radius 3 is 2.64 bits per heavy atom. The van der Waals surface area contributed by atoms with E-state index in [2.05, 4.69) is 16.0 Å². The molecule has 0 unspecified atom stereocenters. The lowest BCUT2D eigenvalue weighted by atomic mass is 9.98. The Hall–Kier alpha value is -2.91. The number of hydrogen-bond acceptors (Lipinski definition) is 5. The van der Waals surface area contributed by atoms with Crippen LogP contribution < -0.4 is 0 Å². The first-order chi connectivity index (χ1) is 12.1. The first kappa shape index (κ1) is 15.6. The molecular formula is C19H13N3O2S. The van der Waals surface area contributed by atoms with E-state index >= 15 is 0 Å². The van der Waals surface area contributed by atoms with Gasteiger partial charge in [0.1, 0.15) is 11.1 Å². The van der Waals surface area contributed by atoms with Gasteiger partial charge in [0.25, 0.3) is 0 Å². The topological polar surface area (TPSA) is 86.9 Å². The number of thioether (sulfide) groups is 1. The van der Waals surface area contributed by atoms with E-state index in [9.17, 15) is 15.2 Å². The summed E-state index contributed by atoms with van der Waals surface area (Å²) in [7, 11) is 0. The molecule has 1 fully saturated rings. The van der Waals surface area contributed by atoms with Crippen molar-refractivity contribution in [3.63, 3.8) is 0 Å². The number of aliphatic carboxylic acids is 1. The molecule has 1 aliphatic rings. The smallest absolute Gasteiger partial charge is 0.320 e. The summed E-state index contributed by atoms with van der Waals surface area (Å²) in [6, 6.07) is 13.5. The summed E-state index contributed by atoms with van der Waals surface area (Å²) < 4.78 is -0.762. The number of nitrogens with zero attached hydrogens (tertiary/aromatic N) is 3. The molecule has 0 amide bonds. The van der Waals surface area contributed by atoms with Crippen LogP contribution in [0.15, 0.2) is 53.8 Å². The van der Waals surface area contributed by atoms with Crippen molar-refractivity contribution in [1.82, 2.24) is 9.97 Å². The summed E-state index contributed by atoms with van der Waals surface area (Å²) in [4.78, 5) is 20.8. The summed E-state index contributed by atoms with van der Waals surface area (Å²) in [6.45, 7) is 0. The van der Waals surface area contributed by atoms with Gasteiger partial charge in [-0.2, -0.15) is 5.26 Å². The van der Waals surface area contributed by atoms with Gasteiger partial charge in [0.2, 0.25) is 0 Å². The van der Waals surface area contributed by atoms with Crippen LogP contribution in [0.5, 0.6) is 0 Å². The van der Waals surface area contributed by atoms with E-state index in [-0.39, 0.29) is 0 Å². The number of carboxylic acid groups (broad SMARTS) is 1. The molecule has 5 nitrogen and oxygen atoms in total. The molecule has 3 aromatic rings. The Morgan fingerprint density at radius 1 is 1.20 bits per heavy atom. The second-order valence-corrected chi connectivity index (χ2v) is 7.38. The van der Waals surface area contributed by atoms with Gasteiger partial charge in [0.05, 0.1) is 22.2 Å². The number of carboxylic acids is 1. The molecule has 1 N–H and O–H groups in total. The maximum atomic E-state index is 11.5. The number of carbonyl (C=O) groups is 1. The molecule has 1 aliphatic carbocycles. The van der Waals surface area contributed by atoms with Crippen LogP contribution in [-0.4, -0.2) is 25.8 Å². The van der Waals surface area contributed by atoms with Crippen molar-refractivity contribution in [3.05, 3.63) is 54.5 Å². The van der Waals surface area contributed by atoms with E-state index in [1.807, 2.05) is 30.3 Å². The minimum atomic E-state index is -0.794. The maximum absolute atomic E-state index is 11.5. The first-order valence-electron chi connectivity index (χ1n) is 7.79. The lowest BCUT2D eigenvalue weighted by molar-refractivity contribution is -0.137. The SMILES string of the molecule is N#Cc1ccc(-c2ncncc2SC2(C(=O)O)CC2)c2ccccc12. The Bertz CT molecular complexity index is 1040. The molecule has 1 saturated carbocycles. The zero-order chi connectivity index (χ0) is 17.4. The van der Waals surface area contributed by atoms with Crippen molar-refractivity contribution in [3.8, 4) is 17.3 Å². The largest absolute Gasteiger partial charge is 0.480 e. The van der Waals surface area contributed by atoms with E-state index in [1.165, 1.54) is 18.1 Å². The van der Waals surface area contributed by atoms with Gasteiger partial charge in [0.15, 0.2) is 0 Å². The number of rotatable bonds is 4. The average Bonchev–Trinajstić information content (AvgIpc) is 3.42. The number of hydrogen-bond donors (Lipinski definition) is 1. The molecule has 1 heterocycles. The van der Waals surface area contributed by atoms with Gasteiger partial charge < -0.3 is 5.11 Å². The van der Waals surface area contributed by atoms with Gasteiger partial charge in [-0.1, -0.05) is 30.3 Å². The van der Waals surface area contributed by atoms with E-state index < -0.39 is 10.7 Å². The van der Waals surface area contributed by atoms with Crippen LogP contribution in [0.25, 0.3) is 22.0 Å². The van der Waals surface area contributed by atoms with Crippen LogP contribution in [0.3, 0.4) is 0 Å². The van der Waals surface area contributed by atoms with Crippen LogP contribution in [-0.2, 0) is 4.79 Å². The fourth-order valence-corrected chi connectivity index (χ4v) is 4.07. The summed E-state index contributed by atoms with van der Waals surface area (Å²) >= 11 is 1.32. The number of benzene rings is 2. The van der Waals surface area contributed by atoms with E-state index in [1.54, 1.807) is 12.3 Å². The van der Waals surface area contributed by atoms with Crippen molar-refractivity contribution in [2.45, 2.75) is 22.5 Å². The quantitative estimate of drug-likeness (QED) is 0.771. The van der Waals surface area contributed by atoms with Crippen LogP contribution >= 0.6 is 11.8 Å². The molecule has 25 heavy (non-hydrogen) atoms. The zero-order valence-corrected chi connectivity index (χ0v) is 14.0. The summed E-state index contributed by atoms with van der Waals surface area (Å²) in [5, 5.41) is 20.6. The Morgan fingerprint density at radius 2 is 1.96 bits per heavy atom. The minimum Gasteiger partial charge on any atom is -0.480 e. The van der Waals surface area contributed by atoms with Crippen molar-refractivity contribution in [2.24, 2.45) is 0 Å². The molecule has 0 atom stereocenters. The highest BCUT2D eigenvalue weighted by Crippen LogP contribution is 2.53. The standard InChI is InChI=1S/C19H13N3O2S/c20-9-12-5-6-15(14-4-2-1-3-13(12)14)17-16(10-21-11-22-17)25-19(7-8-19)18(23)24/h1-6,10-11H,7-8H2,(H,23,24). The number of nitriles is 1. The molecule has 0 spiro atoms. The fourth-order valence-electron chi connectivity index (χ4n) is 2.88. The molecule has 0 saturated heterocycles. The average molecular weight is 347 g/mol. The minimum absolute atomic E-state index is 0.604. The molecule has 4 rings (SSSR count). The Labute approximate surface area is 148 Å². The van der Waals surface area contributed by atoms with Crippen LogP contribution in [0.1, 0.15) is 18.4 Å². The normalized spacial score (nSPS) is 14.8. The zero-order valence-electron chi connectivity index (χ0n) is 13.1. The molecule has 0 aliphatic heterocycles. The van der Waals surface area contributed by atoms with Gasteiger partial charge in [-0.05, 0) is 24.3 Å². The Balaban J connectivity index is 1.88. The lowest BCUT2D eigenvalue weighted by Gasteiger charge is -2.14. The highest BCUT2D eigenvalue weighted by Gasteiger charge is 2.51. The van der Waals surface area contributed by atoms with Crippen LogP contribution in [0.4, 0.5) is 0 Å². The molecule has 0 bridgehead atoms. The van der Waals surface area contributed by atoms with Crippen LogP contribution in [0.2, 0.25) is 0 Å². The fraction of sp³-hybridized carbons (Fsp3) is 0.158. The summed E-state index contributed by atoms with van der Waals surface area (Å²) in [5.41, 5.74) is 2.18.